The van der Waals surface area contributed by atoms with Gasteiger partial charge in [0, 0.05) is 11.5 Å². The second kappa shape index (κ2) is 5.68. The first-order chi connectivity index (χ1) is 8.66. The third-order valence-corrected chi connectivity index (χ3v) is 5.19. The molecule has 102 valence electrons. The van der Waals surface area contributed by atoms with Gasteiger partial charge in [0.05, 0.1) is 11.8 Å². The number of aromatic nitrogens is 1. The minimum absolute atomic E-state index is 0.253. The smallest absolute Gasteiger partial charge is 0.125 e. The topological polar surface area (TPSA) is 42.4 Å². The van der Waals surface area contributed by atoms with Gasteiger partial charge in [-0.05, 0) is 39.0 Å². The summed E-state index contributed by atoms with van der Waals surface area (Å²) in [7, 11) is 0. The molecular weight excluding hydrogens is 246 g/mol. The maximum absolute atomic E-state index is 10.0. The van der Waals surface area contributed by atoms with Crippen LogP contribution >= 0.6 is 11.3 Å². The zero-order chi connectivity index (χ0) is 13.2. The maximum Gasteiger partial charge on any atom is 0.125 e. The number of ether oxygens (including phenoxy) is 1. The molecule has 0 fully saturated rings. The predicted octanol–water partition coefficient (Wildman–Crippen LogP) is 3.56. The van der Waals surface area contributed by atoms with E-state index in [1.165, 1.54) is 4.88 Å². The molecule has 1 aliphatic rings. The molecule has 18 heavy (non-hydrogen) atoms. The molecule has 1 aromatic rings. The highest BCUT2D eigenvalue weighted by Crippen LogP contribution is 2.41. The van der Waals surface area contributed by atoms with Crippen molar-refractivity contribution in [2.75, 3.05) is 6.61 Å². The molecule has 1 aliphatic carbocycles. The van der Waals surface area contributed by atoms with Crippen LogP contribution in [0.2, 0.25) is 0 Å². The van der Waals surface area contributed by atoms with Crippen molar-refractivity contribution in [2.24, 2.45) is 0 Å². The zero-order valence-electron chi connectivity index (χ0n) is 11.5. The molecule has 0 aliphatic heterocycles. The number of fused-ring (bicyclic) bond motifs is 1. The Balaban J connectivity index is 2.37. The third kappa shape index (κ3) is 2.33. The van der Waals surface area contributed by atoms with Gasteiger partial charge < -0.3 is 9.84 Å². The summed E-state index contributed by atoms with van der Waals surface area (Å²) in [5.41, 5.74) is 0.656. The SMILES string of the molecule is CCOC(CC)(CC)c1nc2c(s1)CCCC2O. The fourth-order valence-corrected chi connectivity index (χ4v) is 4.13. The van der Waals surface area contributed by atoms with Gasteiger partial charge in [0.25, 0.3) is 0 Å². The Hall–Kier alpha value is -0.450. The van der Waals surface area contributed by atoms with Crippen LogP contribution in [0.1, 0.15) is 68.1 Å². The second-order valence-corrected chi connectivity index (χ2v) is 5.95. The van der Waals surface area contributed by atoms with Gasteiger partial charge in [0.2, 0.25) is 0 Å². The lowest BCUT2D eigenvalue weighted by atomic mass is 9.97. The molecule has 2 rings (SSSR count). The van der Waals surface area contributed by atoms with Crippen LogP contribution in [0.15, 0.2) is 0 Å². The lowest BCUT2D eigenvalue weighted by Gasteiger charge is -2.29. The van der Waals surface area contributed by atoms with Crippen LogP contribution in [0, 0.1) is 0 Å². The van der Waals surface area contributed by atoms with Crippen LogP contribution in [0.25, 0.3) is 0 Å². The van der Waals surface area contributed by atoms with Crippen LogP contribution in [0.4, 0.5) is 0 Å². The third-order valence-electron chi connectivity index (χ3n) is 3.88. The number of thiazole rings is 1. The van der Waals surface area contributed by atoms with Crippen molar-refractivity contribution >= 4 is 11.3 Å². The summed E-state index contributed by atoms with van der Waals surface area (Å²) < 4.78 is 5.99. The normalized spacial score (nSPS) is 19.9. The second-order valence-electron chi connectivity index (χ2n) is 4.87. The highest BCUT2D eigenvalue weighted by atomic mass is 32.1. The maximum atomic E-state index is 10.0. The van der Waals surface area contributed by atoms with Crippen LogP contribution < -0.4 is 0 Å². The van der Waals surface area contributed by atoms with Crippen molar-refractivity contribution < 1.29 is 9.84 Å². The summed E-state index contributed by atoms with van der Waals surface area (Å²) in [6, 6.07) is 0. The first-order valence-corrected chi connectivity index (χ1v) is 7.80. The molecule has 0 amide bonds. The number of aryl methyl sites for hydroxylation is 1. The summed E-state index contributed by atoms with van der Waals surface area (Å²) in [5, 5.41) is 11.1. The summed E-state index contributed by atoms with van der Waals surface area (Å²) >= 11 is 1.74. The van der Waals surface area contributed by atoms with Gasteiger partial charge in [0.1, 0.15) is 10.6 Å². The summed E-state index contributed by atoms with van der Waals surface area (Å²) in [5.74, 6) is 0. The molecule has 0 spiro atoms. The van der Waals surface area contributed by atoms with Gasteiger partial charge in [0.15, 0.2) is 0 Å². The minimum atomic E-state index is -0.369. The Morgan fingerprint density at radius 3 is 2.67 bits per heavy atom. The number of hydrogen-bond donors (Lipinski definition) is 1. The number of hydrogen-bond acceptors (Lipinski definition) is 4. The van der Waals surface area contributed by atoms with Crippen molar-refractivity contribution in [1.29, 1.82) is 0 Å². The average Bonchev–Trinajstić information content (AvgIpc) is 2.82. The fraction of sp³-hybridized carbons (Fsp3) is 0.786. The van der Waals surface area contributed by atoms with E-state index >= 15 is 0 Å². The van der Waals surface area contributed by atoms with E-state index in [2.05, 4.69) is 13.8 Å². The lowest BCUT2D eigenvalue weighted by Crippen LogP contribution is -2.28. The van der Waals surface area contributed by atoms with E-state index in [9.17, 15) is 5.11 Å². The van der Waals surface area contributed by atoms with Crippen molar-refractivity contribution in [3.63, 3.8) is 0 Å². The summed E-state index contributed by atoms with van der Waals surface area (Å²) in [6.45, 7) is 7.03. The first kappa shape index (κ1) is 14.0. The van der Waals surface area contributed by atoms with E-state index in [-0.39, 0.29) is 11.7 Å². The predicted molar refractivity (Wildman–Crippen MR) is 73.9 cm³/mol. The standard InChI is InChI=1S/C14H23NO2S/c1-4-14(5-2,17-6-3)13-15-12-10(16)8-7-9-11(12)18-13/h10,16H,4-9H2,1-3H3. The molecule has 4 heteroatoms. The van der Waals surface area contributed by atoms with Crippen LogP contribution in [0.3, 0.4) is 0 Å². The Bertz CT molecular complexity index is 398. The van der Waals surface area contributed by atoms with E-state index in [4.69, 9.17) is 9.72 Å². The van der Waals surface area contributed by atoms with Crippen molar-refractivity contribution in [2.45, 2.75) is 64.6 Å². The monoisotopic (exact) mass is 269 g/mol. The van der Waals surface area contributed by atoms with Gasteiger partial charge in [-0.25, -0.2) is 4.98 Å². The van der Waals surface area contributed by atoms with Gasteiger partial charge >= 0.3 is 0 Å². The lowest BCUT2D eigenvalue weighted by molar-refractivity contribution is -0.0509. The van der Waals surface area contributed by atoms with Crippen LogP contribution in [-0.4, -0.2) is 16.7 Å². The highest BCUT2D eigenvalue weighted by Gasteiger charge is 2.35. The molecule has 0 aromatic carbocycles. The summed E-state index contributed by atoms with van der Waals surface area (Å²) in [4.78, 5) is 5.97. The Morgan fingerprint density at radius 2 is 2.11 bits per heavy atom. The molecule has 1 unspecified atom stereocenters. The van der Waals surface area contributed by atoms with E-state index < -0.39 is 0 Å². The quantitative estimate of drug-likeness (QED) is 0.888. The highest BCUT2D eigenvalue weighted by molar-refractivity contribution is 7.11. The number of aliphatic hydroxyl groups is 1. The molecular formula is C14H23NO2S. The van der Waals surface area contributed by atoms with Crippen molar-refractivity contribution in [1.82, 2.24) is 4.98 Å². The molecule has 1 heterocycles. The van der Waals surface area contributed by atoms with E-state index in [1.807, 2.05) is 6.92 Å². The molecule has 0 saturated carbocycles. The fourth-order valence-electron chi connectivity index (χ4n) is 2.69. The largest absolute Gasteiger partial charge is 0.387 e. The Labute approximate surface area is 113 Å². The molecule has 1 aromatic heterocycles. The van der Waals surface area contributed by atoms with Gasteiger partial charge in [-0.3, -0.25) is 0 Å². The number of aliphatic hydroxyl groups excluding tert-OH is 1. The molecule has 1 N–H and O–H groups in total. The first-order valence-electron chi connectivity index (χ1n) is 6.99. The van der Waals surface area contributed by atoms with E-state index in [1.54, 1.807) is 11.3 Å². The van der Waals surface area contributed by atoms with E-state index in [0.717, 1.165) is 42.8 Å². The average molecular weight is 269 g/mol. The van der Waals surface area contributed by atoms with Crippen LogP contribution in [-0.2, 0) is 16.8 Å². The molecule has 0 bridgehead atoms. The molecule has 3 nitrogen and oxygen atoms in total. The van der Waals surface area contributed by atoms with Gasteiger partial charge in [-0.15, -0.1) is 11.3 Å². The van der Waals surface area contributed by atoms with Gasteiger partial charge in [-0.1, -0.05) is 13.8 Å². The van der Waals surface area contributed by atoms with E-state index in [0.29, 0.717) is 6.61 Å². The molecule has 0 radical (unpaired) electrons. The minimum Gasteiger partial charge on any atom is -0.387 e. The molecule has 1 atom stereocenters. The van der Waals surface area contributed by atoms with Crippen molar-refractivity contribution in [3.8, 4) is 0 Å². The number of nitrogens with zero attached hydrogens (tertiary/aromatic N) is 1. The van der Waals surface area contributed by atoms with Crippen molar-refractivity contribution in [3.05, 3.63) is 15.6 Å². The van der Waals surface area contributed by atoms with Gasteiger partial charge in [-0.2, -0.15) is 0 Å². The Kier molecular flexibility index (Phi) is 4.41. The molecule has 0 saturated heterocycles. The van der Waals surface area contributed by atoms with Crippen LogP contribution in [0.5, 0.6) is 0 Å². The Morgan fingerprint density at radius 1 is 1.39 bits per heavy atom. The zero-order valence-corrected chi connectivity index (χ0v) is 12.3. The number of rotatable bonds is 5. The summed E-state index contributed by atoms with van der Waals surface area (Å²) in [6.07, 6.45) is 4.46.